The summed E-state index contributed by atoms with van der Waals surface area (Å²) < 4.78 is 0. The van der Waals surface area contributed by atoms with Crippen LogP contribution < -0.4 is 19.6 Å². The fourth-order valence-corrected chi connectivity index (χ4v) is 7.27. The third kappa shape index (κ3) is 4.37. The Kier molecular flexibility index (Phi) is 6.83. The number of hydrogen-bond acceptors (Lipinski definition) is 12. The van der Waals surface area contributed by atoms with E-state index < -0.39 is 68.5 Å². The first kappa shape index (κ1) is 33.3. The van der Waals surface area contributed by atoms with Gasteiger partial charge in [0.1, 0.15) is 0 Å². The number of amides is 8. The van der Waals surface area contributed by atoms with Crippen LogP contribution in [0.4, 0.5) is 34.1 Å². The second-order valence-electron chi connectivity index (χ2n) is 12.7. The summed E-state index contributed by atoms with van der Waals surface area (Å²) in [7, 11) is 0. The number of carbonyl (C=O) groups excluding carboxylic acids is 8. The summed E-state index contributed by atoms with van der Waals surface area (Å²) in [6.07, 6.45) is 0. The highest BCUT2D eigenvalue weighted by Crippen LogP contribution is 2.42. The van der Waals surface area contributed by atoms with Crippen LogP contribution in [0.5, 0.6) is 0 Å². The SMILES string of the molecule is O=C1c2cccc(N3C(=O)c4ccc([N+](=O)[O-])cc4C3=O)c2C(=O)N1c1cccc(N2C(=O)c3cccc(N4C(=O)c5ccc([N+](=O)[O-])cc5C4=O)c3C2=O)c1. The van der Waals surface area contributed by atoms with Gasteiger partial charge in [-0.15, -0.1) is 0 Å². The standard InChI is InChI=1S/C38H16N6O12/c45-31-21-12-10-19(43(53)54)15-25(21)35(49)41(31)27-8-2-6-23-29(27)37(51)39(33(23)47)17-4-1-5-18(14-17)40-34(48)24-7-3-9-28(30(24)38(40)52)42-32(46)22-13-11-20(44(55)56)16-26(22)36(42)50/h1-16H. The van der Waals surface area contributed by atoms with E-state index in [-0.39, 0.29) is 67.3 Å². The number of carbonyl (C=O) groups is 8. The third-order valence-electron chi connectivity index (χ3n) is 9.78. The Hall–Kier alpha value is -8.54. The maximum Gasteiger partial charge on any atom is 0.270 e. The van der Waals surface area contributed by atoms with Crippen LogP contribution in [-0.2, 0) is 0 Å². The Labute approximate surface area is 310 Å². The summed E-state index contributed by atoms with van der Waals surface area (Å²) >= 11 is 0. The molecule has 18 nitrogen and oxygen atoms in total. The van der Waals surface area contributed by atoms with Gasteiger partial charge in [-0.2, -0.15) is 0 Å². The predicted molar refractivity (Wildman–Crippen MR) is 190 cm³/mol. The minimum absolute atomic E-state index is 0.114. The Morgan fingerprint density at radius 3 is 1.11 bits per heavy atom. The van der Waals surface area contributed by atoms with Crippen LogP contribution in [0.2, 0.25) is 0 Å². The van der Waals surface area contributed by atoms with Crippen molar-refractivity contribution in [3.05, 3.63) is 162 Å². The van der Waals surface area contributed by atoms with Crippen molar-refractivity contribution in [3.8, 4) is 0 Å². The van der Waals surface area contributed by atoms with Crippen molar-refractivity contribution in [1.82, 2.24) is 0 Å². The molecule has 0 unspecified atom stereocenters. The van der Waals surface area contributed by atoms with Gasteiger partial charge in [0.15, 0.2) is 0 Å². The van der Waals surface area contributed by atoms with Crippen LogP contribution in [0.1, 0.15) is 82.9 Å². The highest BCUT2D eigenvalue weighted by Gasteiger charge is 2.47. The Morgan fingerprint density at radius 2 is 0.714 bits per heavy atom. The van der Waals surface area contributed by atoms with E-state index in [9.17, 15) is 58.6 Å². The zero-order valence-corrected chi connectivity index (χ0v) is 27.8. The molecule has 0 spiro atoms. The molecule has 0 bridgehead atoms. The van der Waals surface area contributed by atoms with E-state index in [2.05, 4.69) is 0 Å². The van der Waals surface area contributed by atoms with Crippen LogP contribution in [0.3, 0.4) is 0 Å². The van der Waals surface area contributed by atoms with Crippen molar-refractivity contribution in [1.29, 1.82) is 0 Å². The van der Waals surface area contributed by atoms with Crippen LogP contribution in [0.15, 0.2) is 97.1 Å². The van der Waals surface area contributed by atoms with E-state index in [0.717, 1.165) is 46.2 Å². The van der Waals surface area contributed by atoms with Crippen LogP contribution in [0.25, 0.3) is 0 Å². The first-order valence-corrected chi connectivity index (χ1v) is 16.3. The van der Waals surface area contributed by atoms with E-state index in [4.69, 9.17) is 0 Å². The molecule has 0 aliphatic carbocycles. The number of nitro groups is 2. The zero-order chi connectivity index (χ0) is 39.5. The fourth-order valence-electron chi connectivity index (χ4n) is 7.27. The van der Waals surface area contributed by atoms with E-state index in [1.807, 2.05) is 0 Å². The molecule has 0 aromatic heterocycles. The second-order valence-corrected chi connectivity index (χ2v) is 12.7. The maximum absolute atomic E-state index is 14.1. The molecule has 0 N–H and O–H groups in total. The number of benzene rings is 5. The minimum atomic E-state index is -0.962. The summed E-state index contributed by atoms with van der Waals surface area (Å²) in [4.78, 5) is 133. The highest BCUT2D eigenvalue weighted by atomic mass is 16.6. The predicted octanol–water partition coefficient (Wildman–Crippen LogP) is 4.71. The Morgan fingerprint density at radius 1 is 0.357 bits per heavy atom. The van der Waals surface area contributed by atoms with Gasteiger partial charge in [-0.3, -0.25) is 58.6 Å². The molecular formula is C38H16N6O12. The number of nitrogens with zero attached hydrogens (tertiary/aromatic N) is 6. The number of imide groups is 4. The van der Waals surface area contributed by atoms with Crippen LogP contribution in [-0.4, -0.2) is 57.1 Å². The molecule has 0 saturated heterocycles. The van der Waals surface area contributed by atoms with Gasteiger partial charge in [0.2, 0.25) is 0 Å². The summed E-state index contributed by atoms with van der Waals surface area (Å²) in [6, 6.07) is 19.3. The molecule has 9 rings (SSSR count). The molecule has 8 amide bonds. The van der Waals surface area contributed by atoms with Gasteiger partial charge in [-0.05, 0) is 54.6 Å². The average molecular weight is 749 g/mol. The number of anilines is 4. The van der Waals surface area contributed by atoms with Crippen molar-refractivity contribution < 1.29 is 48.2 Å². The molecule has 0 radical (unpaired) electrons. The fraction of sp³-hybridized carbons (Fsp3) is 0. The van der Waals surface area contributed by atoms with Crippen molar-refractivity contribution in [2.24, 2.45) is 0 Å². The summed E-state index contributed by atoms with van der Waals surface area (Å²) in [5.41, 5.74) is -3.41. The van der Waals surface area contributed by atoms with Gasteiger partial charge in [0, 0.05) is 24.3 Å². The number of nitro benzene ring substituents is 2. The molecular weight excluding hydrogens is 732 g/mol. The van der Waals surface area contributed by atoms with E-state index in [0.29, 0.717) is 9.80 Å². The topological polar surface area (TPSA) is 236 Å². The smallest absolute Gasteiger partial charge is 0.268 e. The monoisotopic (exact) mass is 748 g/mol. The Balaban J connectivity index is 1.05. The minimum Gasteiger partial charge on any atom is -0.268 e. The van der Waals surface area contributed by atoms with E-state index >= 15 is 0 Å². The highest BCUT2D eigenvalue weighted by molar-refractivity contribution is 6.42. The number of hydrogen-bond donors (Lipinski definition) is 0. The van der Waals surface area contributed by atoms with Crippen molar-refractivity contribution in [2.45, 2.75) is 0 Å². The van der Waals surface area contributed by atoms with Gasteiger partial charge in [0.05, 0.1) is 77.1 Å². The lowest BCUT2D eigenvalue weighted by atomic mass is 10.1. The molecule has 5 aromatic carbocycles. The molecule has 18 heteroatoms. The largest absolute Gasteiger partial charge is 0.270 e. The molecule has 0 fully saturated rings. The lowest BCUT2D eigenvalue weighted by Gasteiger charge is -2.20. The van der Waals surface area contributed by atoms with Gasteiger partial charge in [-0.1, -0.05) is 18.2 Å². The first-order chi connectivity index (χ1) is 26.8. The summed E-state index contributed by atoms with van der Waals surface area (Å²) in [6.45, 7) is 0. The lowest BCUT2D eigenvalue weighted by Crippen LogP contribution is -2.33. The van der Waals surface area contributed by atoms with Gasteiger partial charge in [0.25, 0.3) is 58.6 Å². The number of fused-ring (bicyclic) bond motifs is 4. The molecule has 0 saturated carbocycles. The average Bonchev–Trinajstić information content (AvgIpc) is 3.80. The van der Waals surface area contributed by atoms with Gasteiger partial charge in [-0.25, -0.2) is 19.6 Å². The molecule has 4 aliphatic heterocycles. The lowest BCUT2D eigenvalue weighted by molar-refractivity contribution is -0.385. The molecule has 56 heavy (non-hydrogen) atoms. The van der Waals surface area contributed by atoms with E-state index in [1.54, 1.807) is 0 Å². The van der Waals surface area contributed by atoms with Crippen molar-refractivity contribution in [3.63, 3.8) is 0 Å². The second kappa shape index (κ2) is 11.5. The Bertz CT molecular complexity index is 2680. The zero-order valence-electron chi connectivity index (χ0n) is 27.8. The summed E-state index contributed by atoms with van der Waals surface area (Å²) in [5.74, 6) is -7.31. The number of rotatable bonds is 6. The van der Waals surface area contributed by atoms with Crippen molar-refractivity contribution >= 4 is 81.4 Å². The van der Waals surface area contributed by atoms with E-state index in [1.165, 1.54) is 60.7 Å². The maximum atomic E-state index is 14.1. The molecule has 0 atom stereocenters. The quantitative estimate of drug-likeness (QED) is 0.130. The van der Waals surface area contributed by atoms with Gasteiger partial charge < -0.3 is 0 Å². The molecule has 5 aromatic rings. The molecule has 270 valence electrons. The first-order valence-electron chi connectivity index (χ1n) is 16.3. The molecule has 4 heterocycles. The summed E-state index contributed by atoms with van der Waals surface area (Å²) in [5, 5.41) is 22.7. The third-order valence-corrected chi connectivity index (χ3v) is 9.78. The van der Waals surface area contributed by atoms with Gasteiger partial charge >= 0.3 is 0 Å². The molecule has 4 aliphatic rings. The van der Waals surface area contributed by atoms with Crippen LogP contribution >= 0.6 is 0 Å². The van der Waals surface area contributed by atoms with Crippen molar-refractivity contribution in [2.75, 3.05) is 19.6 Å². The van der Waals surface area contributed by atoms with Crippen LogP contribution in [0, 0.1) is 20.2 Å². The normalized spacial score (nSPS) is 15.6. The number of non-ortho nitro benzene ring substituents is 2.